The van der Waals surface area contributed by atoms with Crippen molar-refractivity contribution in [1.82, 2.24) is 10.2 Å². The van der Waals surface area contributed by atoms with E-state index >= 15 is 0 Å². The number of para-hydroxylation sites is 1. The van der Waals surface area contributed by atoms with E-state index in [9.17, 15) is 18.0 Å². The summed E-state index contributed by atoms with van der Waals surface area (Å²) in [6, 6.07) is 22.9. The maximum atomic E-state index is 14.2. The molecule has 0 aliphatic carbocycles. The van der Waals surface area contributed by atoms with Gasteiger partial charge in [-0.15, -0.1) is 0 Å². The van der Waals surface area contributed by atoms with Gasteiger partial charge in [-0.2, -0.15) is 0 Å². The Kier molecular flexibility index (Phi) is 11.4. The molecule has 0 aliphatic heterocycles. The maximum Gasteiger partial charge on any atom is 0.244 e. The number of benzene rings is 3. The number of hydrogen-bond donors (Lipinski definition) is 1. The molecule has 1 unspecified atom stereocenters. The predicted octanol–water partition coefficient (Wildman–Crippen LogP) is 5.64. The predicted molar refractivity (Wildman–Crippen MR) is 167 cm³/mol. The van der Waals surface area contributed by atoms with Crippen molar-refractivity contribution >= 4 is 39.1 Å². The summed E-state index contributed by atoms with van der Waals surface area (Å²) >= 11 is 6.11. The Morgan fingerprint density at radius 1 is 0.854 bits per heavy atom. The van der Waals surface area contributed by atoms with Crippen molar-refractivity contribution in [3.63, 3.8) is 0 Å². The van der Waals surface area contributed by atoms with E-state index in [0.717, 1.165) is 27.3 Å². The van der Waals surface area contributed by atoms with Gasteiger partial charge in [0, 0.05) is 24.5 Å². The van der Waals surface area contributed by atoms with Crippen molar-refractivity contribution in [2.45, 2.75) is 52.6 Å². The van der Waals surface area contributed by atoms with Crippen molar-refractivity contribution in [3.05, 3.63) is 101 Å². The van der Waals surface area contributed by atoms with Crippen LogP contribution >= 0.6 is 11.6 Å². The summed E-state index contributed by atoms with van der Waals surface area (Å²) in [4.78, 5) is 29.4. The minimum atomic E-state index is -3.84. The zero-order valence-corrected chi connectivity index (χ0v) is 26.0. The van der Waals surface area contributed by atoms with Crippen LogP contribution in [-0.2, 0) is 32.6 Å². The highest BCUT2D eigenvalue weighted by Gasteiger charge is 2.33. The Hall–Kier alpha value is -3.36. The first kappa shape index (κ1) is 32.2. The summed E-state index contributed by atoms with van der Waals surface area (Å²) in [5.74, 6) is -0.531. The quantitative estimate of drug-likeness (QED) is 0.276. The average Bonchev–Trinajstić information content (AvgIpc) is 2.93. The monoisotopic (exact) mass is 597 g/mol. The van der Waals surface area contributed by atoms with Crippen LogP contribution in [0.3, 0.4) is 0 Å². The van der Waals surface area contributed by atoms with E-state index in [1.807, 2.05) is 70.2 Å². The fourth-order valence-corrected chi connectivity index (χ4v) is 5.56. The largest absolute Gasteiger partial charge is 0.354 e. The van der Waals surface area contributed by atoms with Crippen LogP contribution in [0.5, 0.6) is 0 Å². The van der Waals surface area contributed by atoms with Crippen molar-refractivity contribution in [2.24, 2.45) is 5.92 Å². The van der Waals surface area contributed by atoms with Crippen LogP contribution in [0.1, 0.15) is 50.3 Å². The molecule has 0 saturated carbocycles. The fourth-order valence-electron chi connectivity index (χ4n) is 4.56. The molecule has 3 aromatic carbocycles. The Labute approximate surface area is 249 Å². The molecular formula is C32H40ClN3O4S. The van der Waals surface area contributed by atoms with Crippen LogP contribution in [0, 0.1) is 5.92 Å². The second-order valence-electron chi connectivity index (χ2n) is 11.0. The van der Waals surface area contributed by atoms with Crippen LogP contribution in [-0.4, -0.2) is 50.5 Å². The number of nitrogens with zero attached hydrogens (tertiary/aromatic N) is 2. The van der Waals surface area contributed by atoms with Gasteiger partial charge in [-0.05, 0) is 46.7 Å². The van der Waals surface area contributed by atoms with Crippen LogP contribution in [0.25, 0.3) is 0 Å². The lowest BCUT2D eigenvalue weighted by atomic mass is 10.0. The second-order valence-corrected chi connectivity index (χ2v) is 13.3. The number of amides is 2. The van der Waals surface area contributed by atoms with E-state index in [4.69, 9.17) is 11.6 Å². The first-order valence-electron chi connectivity index (χ1n) is 13.8. The zero-order chi connectivity index (χ0) is 30.2. The standard InChI is InChI=1S/C32H40ClN3O4S/c1-23(2)20-34-32(38)30(19-25-11-7-6-8-12-25)35(21-26-15-17-27(33)18-16-26)31(37)22-36(41(5,39)40)29-14-10-9-13-28(29)24(3)4/h6-18,23-24,30H,19-22H2,1-5H3,(H,34,38). The molecule has 0 aromatic heterocycles. The van der Waals surface area contributed by atoms with Crippen LogP contribution in [0.2, 0.25) is 5.02 Å². The second kappa shape index (κ2) is 14.5. The summed E-state index contributed by atoms with van der Waals surface area (Å²) in [5.41, 5.74) is 2.92. The third kappa shape index (κ3) is 9.33. The average molecular weight is 598 g/mol. The highest BCUT2D eigenvalue weighted by Crippen LogP contribution is 2.29. The third-order valence-electron chi connectivity index (χ3n) is 6.73. The molecule has 0 saturated heterocycles. The first-order valence-corrected chi connectivity index (χ1v) is 16.0. The van der Waals surface area contributed by atoms with Crippen molar-refractivity contribution < 1.29 is 18.0 Å². The van der Waals surface area contributed by atoms with Crippen molar-refractivity contribution in [2.75, 3.05) is 23.7 Å². The van der Waals surface area contributed by atoms with E-state index < -0.39 is 28.5 Å². The van der Waals surface area contributed by atoms with Gasteiger partial charge in [-0.25, -0.2) is 8.42 Å². The van der Waals surface area contributed by atoms with Gasteiger partial charge in [0.05, 0.1) is 11.9 Å². The normalized spacial score (nSPS) is 12.3. The number of hydrogen-bond acceptors (Lipinski definition) is 4. The van der Waals surface area contributed by atoms with Crippen molar-refractivity contribution in [1.29, 1.82) is 0 Å². The molecule has 0 heterocycles. The Morgan fingerprint density at radius 3 is 2.05 bits per heavy atom. The van der Waals surface area contributed by atoms with Gasteiger partial charge in [0.2, 0.25) is 21.8 Å². The fraction of sp³-hybridized carbons (Fsp3) is 0.375. The lowest BCUT2D eigenvalue weighted by Gasteiger charge is -2.34. The molecule has 1 atom stereocenters. The summed E-state index contributed by atoms with van der Waals surface area (Å²) in [6.45, 7) is 8.06. The number of halogens is 1. The molecule has 0 bridgehead atoms. The molecule has 3 aromatic rings. The minimum absolute atomic E-state index is 0.0309. The van der Waals surface area contributed by atoms with Gasteiger partial charge < -0.3 is 10.2 Å². The lowest BCUT2D eigenvalue weighted by Crippen LogP contribution is -2.53. The van der Waals surface area contributed by atoms with E-state index in [1.54, 1.807) is 36.4 Å². The van der Waals surface area contributed by atoms with Crippen molar-refractivity contribution in [3.8, 4) is 0 Å². The summed E-state index contributed by atoms with van der Waals surface area (Å²) in [5, 5.41) is 3.54. The topological polar surface area (TPSA) is 86.8 Å². The summed E-state index contributed by atoms with van der Waals surface area (Å²) in [7, 11) is -3.84. The Bertz CT molecular complexity index is 1410. The van der Waals surface area contributed by atoms with E-state index in [1.165, 1.54) is 4.90 Å². The summed E-state index contributed by atoms with van der Waals surface area (Å²) < 4.78 is 27.3. The van der Waals surface area contributed by atoms with Gasteiger partial charge in [-0.1, -0.05) is 100.0 Å². The molecular weight excluding hydrogens is 558 g/mol. The molecule has 7 nitrogen and oxygen atoms in total. The summed E-state index contributed by atoms with van der Waals surface area (Å²) in [6.07, 6.45) is 1.36. The number of nitrogens with one attached hydrogen (secondary N) is 1. The van der Waals surface area contributed by atoms with E-state index in [2.05, 4.69) is 5.32 Å². The smallest absolute Gasteiger partial charge is 0.244 e. The van der Waals surface area contributed by atoms with E-state index in [0.29, 0.717) is 17.3 Å². The molecule has 2 amide bonds. The zero-order valence-electron chi connectivity index (χ0n) is 24.4. The number of carbonyl (C=O) groups excluding carboxylic acids is 2. The van der Waals surface area contributed by atoms with Gasteiger partial charge in [0.15, 0.2) is 0 Å². The minimum Gasteiger partial charge on any atom is -0.354 e. The highest BCUT2D eigenvalue weighted by molar-refractivity contribution is 7.92. The molecule has 0 radical (unpaired) electrons. The van der Waals surface area contributed by atoms with Gasteiger partial charge in [-0.3, -0.25) is 13.9 Å². The molecule has 3 rings (SSSR count). The Morgan fingerprint density at radius 2 is 1.46 bits per heavy atom. The lowest BCUT2D eigenvalue weighted by molar-refractivity contribution is -0.140. The molecule has 41 heavy (non-hydrogen) atoms. The molecule has 0 aliphatic rings. The third-order valence-corrected chi connectivity index (χ3v) is 8.11. The molecule has 220 valence electrons. The van der Waals surface area contributed by atoms with Crippen LogP contribution in [0.4, 0.5) is 5.69 Å². The molecule has 9 heteroatoms. The number of rotatable bonds is 13. The van der Waals surface area contributed by atoms with Gasteiger partial charge >= 0.3 is 0 Å². The van der Waals surface area contributed by atoms with Gasteiger partial charge in [0.25, 0.3) is 0 Å². The van der Waals surface area contributed by atoms with E-state index in [-0.39, 0.29) is 30.7 Å². The van der Waals surface area contributed by atoms with Crippen LogP contribution in [0.15, 0.2) is 78.9 Å². The number of carbonyl (C=O) groups is 2. The highest BCUT2D eigenvalue weighted by atomic mass is 35.5. The number of sulfonamides is 1. The first-order chi connectivity index (χ1) is 19.4. The molecule has 1 N–H and O–H groups in total. The maximum absolute atomic E-state index is 14.2. The SMILES string of the molecule is CC(C)CNC(=O)C(Cc1ccccc1)N(Cc1ccc(Cl)cc1)C(=O)CN(c1ccccc1C(C)C)S(C)(=O)=O. The Balaban J connectivity index is 2.08. The number of anilines is 1. The molecule has 0 fully saturated rings. The van der Waals surface area contributed by atoms with Gasteiger partial charge in [0.1, 0.15) is 12.6 Å². The van der Waals surface area contributed by atoms with Crippen LogP contribution < -0.4 is 9.62 Å². The molecule has 0 spiro atoms.